The van der Waals surface area contributed by atoms with Crippen LogP contribution in [0.4, 0.5) is 0 Å². The topological polar surface area (TPSA) is 47.9 Å². The van der Waals surface area contributed by atoms with Gasteiger partial charge in [-0.1, -0.05) is 60.7 Å². The molecule has 2 aromatic carbocycles. The summed E-state index contributed by atoms with van der Waals surface area (Å²) in [6, 6.07) is 19.9. The van der Waals surface area contributed by atoms with E-state index in [1.807, 2.05) is 60.7 Å². The third-order valence-corrected chi connectivity index (χ3v) is 2.86. The SMILES string of the molecule is COc1nc(-c2ccccc2)nc(-c2ccccc2)n1. The van der Waals surface area contributed by atoms with Crippen molar-refractivity contribution in [3.8, 4) is 28.8 Å². The molecule has 0 saturated heterocycles. The van der Waals surface area contributed by atoms with Gasteiger partial charge in [0.05, 0.1) is 7.11 Å². The van der Waals surface area contributed by atoms with Crippen LogP contribution < -0.4 is 4.74 Å². The van der Waals surface area contributed by atoms with Gasteiger partial charge in [0.1, 0.15) is 0 Å². The number of nitrogens with zero attached hydrogens (tertiary/aromatic N) is 3. The van der Waals surface area contributed by atoms with Crippen molar-refractivity contribution in [1.82, 2.24) is 15.0 Å². The predicted octanol–water partition coefficient (Wildman–Crippen LogP) is 3.21. The maximum Gasteiger partial charge on any atom is 0.320 e. The molecule has 0 aliphatic carbocycles. The van der Waals surface area contributed by atoms with Crippen LogP contribution in [0, 0.1) is 0 Å². The molecular weight excluding hydrogens is 250 g/mol. The van der Waals surface area contributed by atoms with E-state index in [0.717, 1.165) is 11.1 Å². The first-order valence-corrected chi connectivity index (χ1v) is 6.28. The van der Waals surface area contributed by atoms with Crippen LogP contribution in [0.5, 0.6) is 6.01 Å². The second kappa shape index (κ2) is 5.48. The molecule has 98 valence electrons. The summed E-state index contributed by atoms with van der Waals surface area (Å²) < 4.78 is 5.18. The molecule has 0 fully saturated rings. The Morgan fingerprint density at radius 1 is 0.650 bits per heavy atom. The molecule has 0 amide bonds. The minimum Gasteiger partial charge on any atom is -0.467 e. The standard InChI is InChI=1S/C16H13N3O/c1-20-16-18-14(12-8-4-2-5-9-12)17-15(19-16)13-10-6-3-7-11-13/h2-11H,1H3. The van der Waals surface area contributed by atoms with Crippen LogP contribution in [0.25, 0.3) is 22.8 Å². The summed E-state index contributed by atoms with van der Waals surface area (Å²) in [5.41, 5.74) is 1.87. The van der Waals surface area contributed by atoms with E-state index in [4.69, 9.17) is 4.74 Å². The molecule has 0 aliphatic heterocycles. The van der Waals surface area contributed by atoms with Gasteiger partial charge in [0.15, 0.2) is 11.6 Å². The Morgan fingerprint density at radius 3 is 1.50 bits per heavy atom. The molecule has 0 atom stereocenters. The molecule has 1 heterocycles. The minimum absolute atomic E-state index is 0.317. The van der Waals surface area contributed by atoms with E-state index in [1.54, 1.807) is 7.11 Å². The summed E-state index contributed by atoms with van der Waals surface area (Å²) in [7, 11) is 1.55. The van der Waals surface area contributed by atoms with E-state index in [0.29, 0.717) is 17.7 Å². The lowest BCUT2D eigenvalue weighted by Gasteiger charge is -2.06. The number of benzene rings is 2. The average molecular weight is 263 g/mol. The molecule has 20 heavy (non-hydrogen) atoms. The van der Waals surface area contributed by atoms with Gasteiger partial charge in [0.2, 0.25) is 0 Å². The third kappa shape index (κ3) is 2.49. The van der Waals surface area contributed by atoms with E-state index in [1.165, 1.54) is 0 Å². The molecule has 0 radical (unpaired) electrons. The van der Waals surface area contributed by atoms with Crippen LogP contribution in [0.2, 0.25) is 0 Å². The van der Waals surface area contributed by atoms with Crippen molar-refractivity contribution in [3.05, 3.63) is 60.7 Å². The molecule has 3 aromatic rings. The van der Waals surface area contributed by atoms with Gasteiger partial charge in [0, 0.05) is 11.1 Å². The molecule has 0 N–H and O–H groups in total. The first-order valence-electron chi connectivity index (χ1n) is 6.28. The Hall–Kier alpha value is -2.75. The van der Waals surface area contributed by atoms with Crippen molar-refractivity contribution in [2.24, 2.45) is 0 Å². The molecule has 0 saturated carbocycles. The molecule has 3 rings (SSSR count). The second-order valence-corrected chi connectivity index (χ2v) is 4.20. The minimum atomic E-state index is 0.317. The lowest BCUT2D eigenvalue weighted by molar-refractivity contribution is 0.379. The largest absolute Gasteiger partial charge is 0.467 e. The molecule has 0 unspecified atom stereocenters. The molecule has 0 spiro atoms. The summed E-state index contributed by atoms with van der Waals surface area (Å²) in [4.78, 5) is 13.1. The molecular formula is C16H13N3O. The zero-order valence-electron chi connectivity index (χ0n) is 11.0. The predicted molar refractivity (Wildman–Crippen MR) is 77.3 cm³/mol. The number of methoxy groups -OCH3 is 1. The number of ether oxygens (including phenoxy) is 1. The van der Waals surface area contributed by atoms with Crippen LogP contribution in [0.3, 0.4) is 0 Å². The van der Waals surface area contributed by atoms with Crippen molar-refractivity contribution in [2.75, 3.05) is 7.11 Å². The Labute approximate surface area is 117 Å². The van der Waals surface area contributed by atoms with Gasteiger partial charge < -0.3 is 4.74 Å². The number of hydrogen-bond acceptors (Lipinski definition) is 4. The highest BCUT2D eigenvalue weighted by molar-refractivity contribution is 5.61. The van der Waals surface area contributed by atoms with E-state index in [9.17, 15) is 0 Å². The monoisotopic (exact) mass is 263 g/mol. The summed E-state index contributed by atoms with van der Waals surface area (Å²) in [6.07, 6.45) is 0. The third-order valence-electron chi connectivity index (χ3n) is 2.86. The summed E-state index contributed by atoms with van der Waals surface area (Å²) in [5, 5.41) is 0. The van der Waals surface area contributed by atoms with E-state index in [-0.39, 0.29) is 0 Å². The number of hydrogen-bond donors (Lipinski definition) is 0. The van der Waals surface area contributed by atoms with E-state index >= 15 is 0 Å². The fourth-order valence-corrected chi connectivity index (χ4v) is 1.88. The van der Waals surface area contributed by atoms with Crippen LogP contribution in [0.1, 0.15) is 0 Å². The number of aromatic nitrogens is 3. The van der Waals surface area contributed by atoms with Crippen LogP contribution in [-0.4, -0.2) is 22.1 Å². The van der Waals surface area contributed by atoms with Gasteiger partial charge in [-0.3, -0.25) is 0 Å². The average Bonchev–Trinajstić information content (AvgIpc) is 2.56. The van der Waals surface area contributed by atoms with Crippen molar-refractivity contribution in [1.29, 1.82) is 0 Å². The fraction of sp³-hybridized carbons (Fsp3) is 0.0625. The van der Waals surface area contributed by atoms with Gasteiger partial charge in [-0.05, 0) is 0 Å². The van der Waals surface area contributed by atoms with Crippen LogP contribution in [-0.2, 0) is 0 Å². The maximum atomic E-state index is 5.18. The summed E-state index contributed by atoms with van der Waals surface area (Å²) in [6.45, 7) is 0. The smallest absolute Gasteiger partial charge is 0.320 e. The lowest BCUT2D eigenvalue weighted by Crippen LogP contribution is -2.00. The summed E-state index contributed by atoms with van der Waals surface area (Å²) in [5.74, 6) is 1.22. The van der Waals surface area contributed by atoms with Crippen molar-refractivity contribution in [2.45, 2.75) is 0 Å². The lowest BCUT2D eigenvalue weighted by atomic mass is 10.2. The van der Waals surface area contributed by atoms with Crippen molar-refractivity contribution in [3.63, 3.8) is 0 Å². The maximum absolute atomic E-state index is 5.18. The highest BCUT2D eigenvalue weighted by Gasteiger charge is 2.09. The van der Waals surface area contributed by atoms with Gasteiger partial charge in [0.25, 0.3) is 0 Å². The van der Waals surface area contributed by atoms with Crippen LogP contribution >= 0.6 is 0 Å². The van der Waals surface area contributed by atoms with Crippen molar-refractivity contribution >= 4 is 0 Å². The fourth-order valence-electron chi connectivity index (χ4n) is 1.88. The zero-order valence-corrected chi connectivity index (χ0v) is 11.0. The van der Waals surface area contributed by atoms with Crippen LogP contribution in [0.15, 0.2) is 60.7 Å². The summed E-state index contributed by atoms with van der Waals surface area (Å²) >= 11 is 0. The van der Waals surface area contributed by atoms with Gasteiger partial charge >= 0.3 is 6.01 Å². The van der Waals surface area contributed by atoms with E-state index < -0.39 is 0 Å². The van der Waals surface area contributed by atoms with Gasteiger partial charge in [-0.25, -0.2) is 4.98 Å². The highest BCUT2D eigenvalue weighted by Crippen LogP contribution is 2.21. The number of rotatable bonds is 3. The normalized spacial score (nSPS) is 10.2. The Balaban J connectivity index is 2.13. The zero-order chi connectivity index (χ0) is 13.8. The van der Waals surface area contributed by atoms with E-state index in [2.05, 4.69) is 15.0 Å². The van der Waals surface area contributed by atoms with Crippen molar-refractivity contribution < 1.29 is 4.74 Å². The molecule has 0 aliphatic rings. The molecule has 4 heteroatoms. The second-order valence-electron chi connectivity index (χ2n) is 4.20. The van der Waals surface area contributed by atoms with Gasteiger partial charge in [-0.2, -0.15) is 9.97 Å². The molecule has 0 bridgehead atoms. The Bertz CT molecular complexity index is 642. The quantitative estimate of drug-likeness (QED) is 0.728. The Kier molecular flexibility index (Phi) is 3.37. The first kappa shape index (κ1) is 12.3. The Morgan fingerprint density at radius 2 is 1.10 bits per heavy atom. The molecule has 1 aromatic heterocycles. The highest BCUT2D eigenvalue weighted by atomic mass is 16.5. The molecule has 4 nitrogen and oxygen atoms in total. The first-order chi connectivity index (χ1) is 9.86. The van der Waals surface area contributed by atoms with Gasteiger partial charge in [-0.15, -0.1) is 0 Å².